The molecule has 1 atom stereocenters. The number of carbonyl (C=O) groups excluding carboxylic acids is 1. The first kappa shape index (κ1) is 13.2. The fourth-order valence-corrected chi connectivity index (χ4v) is 2.89. The molecule has 1 aliphatic rings. The van der Waals surface area contributed by atoms with Crippen LogP contribution in [-0.4, -0.2) is 23.9 Å². The van der Waals surface area contributed by atoms with Crippen molar-refractivity contribution in [3.63, 3.8) is 0 Å². The average molecular weight is 246 g/mol. The molecule has 3 nitrogen and oxygen atoms in total. The smallest absolute Gasteiger partial charge is 0.146 e. The molecule has 1 fully saturated rings. The number of Topliss-reactive ketones (excluding diaryl/α,β-unsaturated/α-hetero) is 1. The highest BCUT2D eigenvalue weighted by Gasteiger charge is 2.38. The zero-order chi connectivity index (χ0) is 12.8. The summed E-state index contributed by atoms with van der Waals surface area (Å²) in [7, 11) is 0. The molecule has 0 bridgehead atoms. The van der Waals surface area contributed by atoms with Crippen LogP contribution in [0.25, 0.3) is 0 Å². The summed E-state index contributed by atoms with van der Waals surface area (Å²) in [5.41, 5.74) is 0.744. The lowest BCUT2D eigenvalue weighted by Gasteiger charge is -2.36. The summed E-state index contributed by atoms with van der Waals surface area (Å²) in [6.07, 6.45) is 6.42. The molecule has 0 amide bonds. The summed E-state index contributed by atoms with van der Waals surface area (Å²) < 4.78 is 0. The third kappa shape index (κ3) is 2.96. The Morgan fingerprint density at radius 2 is 2.39 bits per heavy atom. The predicted octanol–water partition coefficient (Wildman–Crippen LogP) is 2.36. The van der Waals surface area contributed by atoms with Gasteiger partial charge in [-0.15, -0.1) is 0 Å². The third-order valence-electron chi connectivity index (χ3n) is 3.86. The number of nitrogens with zero attached hydrogens (tertiary/aromatic N) is 1. The van der Waals surface area contributed by atoms with E-state index < -0.39 is 0 Å². The van der Waals surface area contributed by atoms with Crippen molar-refractivity contribution in [2.45, 2.75) is 39.0 Å². The molecule has 18 heavy (non-hydrogen) atoms. The highest BCUT2D eigenvalue weighted by Crippen LogP contribution is 2.33. The molecule has 2 rings (SSSR count). The SMILES string of the molecule is CCCC1(C(=O)Cc2ccccn2)CCCNC1. The molecule has 98 valence electrons. The van der Waals surface area contributed by atoms with Gasteiger partial charge in [0.1, 0.15) is 5.78 Å². The van der Waals surface area contributed by atoms with Crippen LogP contribution in [-0.2, 0) is 11.2 Å². The molecule has 1 unspecified atom stereocenters. The number of nitrogens with one attached hydrogen (secondary N) is 1. The first-order valence-corrected chi connectivity index (χ1v) is 6.91. The zero-order valence-corrected chi connectivity index (χ0v) is 11.1. The fourth-order valence-electron chi connectivity index (χ4n) is 2.89. The third-order valence-corrected chi connectivity index (χ3v) is 3.86. The van der Waals surface area contributed by atoms with Crippen molar-refractivity contribution in [1.29, 1.82) is 0 Å². The van der Waals surface area contributed by atoms with Crippen molar-refractivity contribution in [3.8, 4) is 0 Å². The van der Waals surface area contributed by atoms with Gasteiger partial charge in [-0.25, -0.2) is 0 Å². The minimum Gasteiger partial charge on any atom is -0.316 e. The van der Waals surface area contributed by atoms with E-state index in [1.807, 2.05) is 18.2 Å². The lowest BCUT2D eigenvalue weighted by atomic mass is 9.72. The Morgan fingerprint density at radius 1 is 1.50 bits per heavy atom. The maximum atomic E-state index is 12.6. The van der Waals surface area contributed by atoms with Crippen molar-refractivity contribution >= 4 is 5.78 Å². The summed E-state index contributed by atoms with van der Waals surface area (Å²) in [6.45, 7) is 4.04. The number of aromatic nitrogens is 1. The van der Waals surface area contributed by atoms with Crippen LogP contribution in [0, 0.1) is 5.41 Å². The van der Waals surface area contributed by atoms with Crippen molar-refractivity contribution in [1.82, 2.24) is 10.3 Å². The van der Waals surface area contributed by atoms with Gasteiger partial charge in [-0.2, -0.15) is 0 Å². The van der Waals surface area contributed by atoms with E-state index in [1.54, 1.807) is 6.20 Å². The molecular formula is C15H22N2O. The summed E-state index contributed by atoms with van der Waals surface area (Å²) in [4.78, 5) is 16.9. The quantitative estimate of drug-likeness (QED) is 0.867. The van der Waals surface area contributed by atoms with Crippen LogP contribution in [0.15, 0.2) is 24.4 Å². The van der Waals surface area contributed by atoms with Gasteiger partial charge in [0.25, 0.3) is 0 Å². The Hall–Kier alpha value is -1.22. The van der Waals surface area contributed by atoms with Crippen LogP contribution in [0.4, 0.5) is 0 Å². The molecule has 1 aromatic rings. The fraction of sp³-hybridized carbons (Fsp3) is 0.600. The van der Waals surface area contributed by atoms with E-state index in [1.165, 1.54) is 0 Å². The normalized spacial score (nSPS) is 23.8. The summed E-state index contributed by atoms with van der Waals surface area (Å²) in [5.74, 6) is 0.357. The van der Waals surface area contributed by atoms with Crippen molar-refractivity contribution in [2.75, 3.05) is 13.1 Å². The number of piperidine rings is 1. The highest BCUT2D eigenvalue weighted by atomic mass is 16.1. The minimum atomic E-state index is -0.148. The molecular weight excluding hydrogens is 224 g/mol. The lowest BCUT2D eigenvalue weighted by Crippen LogP contribution is -2.46. The summed E-state index contributed by atoms with van der Waals surface area (Å²) in [5, 5.41) is 3.39. The summed E-state index contributed by atoms with van der Waals surface area (Å²) in [6, 6.07) is 5.77. The molecule has 0 radical (unpaired) electrons. The van der Waals surface area contributed by atoms with Gasteiger partial charge < -0.3 is 5.32 Å². The Balaban J connectivity index is 2.08. The van der Waals surface area contributed by atoms with Gasteiger partial charge >= 0.3 is 0 Å². The maximum Gasteiger partial charge on any atom is 0.146 e. The zero-order valence-electron chi connectivity index (χ0n) is 11.1. The minimum absolute atomic E-state index is 0.148. The highest BCUT2D eigenvalue weighted by molar-refractivity contribution is 5.86. The van der Waals surface area contributed by atoms with Crippen molar-refractivity contribution in [3.05, 3.63) is 30.1 Å². The van der Waals surface area contributed by atoms with Gasteiger partial charge in [0, 0.05) is 30.3 Å². The maximum absolute atomic E-state index is 12.6. The van der Waals surface area contributed by atoms with Crippen LogP contribution in [0.2, 0.25) is 0 Å². The lowest BCUT2D eigenvalue weighted by molar-refractivity contribution is -0.129. The Morgan fingerprint density at radius 3 is 3.00 bits per heavy atom. The van der Waals surface area contributed by atoms with E-state index in [0.717, 1.165) is 44.5 Å². The monoisotopic (exact) mass is 246 g/mol. The van der Waals surface area contributed by atoms with Crippen molar-refractivity contribution in [2.24, 2.45) is 5.41 Å². The molecule has 0 saturated carbocycles. The molecule has 1 saturated heterocycles. The Labute approximate surface area is 109 Å². The number of ketones is 1. The number of hydrogen-bond donors (Lipinski definition) is 1. The van der Waals surface area contributed by atoms with E-state index in [9.17, 15) is 4.79 Å². The molecule has 1 N–H and O–H groups in total. The van der Waals surface area contributed by atoms with Crippen LogP contribution in [0.5, 0.6) is 0 Å². The van der Waals surface area contributed by atoms with Gasteiger partial charge in [-0.1, -0.05) is 19.4 Å². The molecule has 1 aromatic heterocycles. The Bertz CT molecular complexity index is 377. The van der Waals surface area contributed by atoms with Crippen LogP contribution in [0.3, 0.4) is 0 Å². The first-order valence-electron chi connectivity index (χ1n) is 6.91. The van der Waals surface area contributed by atoms with Crippen LogP contribution >= 0.6 is 0 Å². The topological polar surface area (TPSA) is 42.0 Å². The molecule has 0 aromatic carbocycles. The number of pyridine rings is 1. The Kier molecular flexibility index (Phi) is 4.48. The molecule has 0 aliphatic carbocycles. The van der Waals surface area contributed by atoms with Crippen LogP contribution < -0.4 is 5.32 Å². The second kappa shape index (κ2) is 6.10. The van der Waals surface area contributed by atoms with Crippen molar-refractivity contribution < 1.29 is 4.79 Å². The predicted molar refractivity (Wildman–Crippen MR) is 72.4 cm³/mol. The average Bonchev–Trinajstić information content (AvgIpc) is 2.41. The second-order valence-electron chi connectivity index (χ2n) is 5.23. The van der Waals surface area contributed by atoms with E-state index in [0.29, 0.717) is 12.2 Å². The number of rotatable bonds is 5. The van der Waals surface area contributed by atoms with E-state index in [4.69, 9.17) is 0 Å². The molecule has 2 heterocycles. The first-order chi connectivity index (χ1) is 8.77. The van der Waals surface area contributed by atoms with Gasteiger partial charge in [0.15, 0.2) is 0 Å². The van der Waals surface area contributed by atoms with E-state index in [2.05, 4.69) is 17.2 Å². The van der Waals surface area contributed by atoms with Gasteiger partial charge in [-0.3, -0.25) is 9.78 Å². The van der Waals surface area contributed by atoms with Gasteiger partial charge in [-0.05, 0) is 37.9 Å². The van der Waals surface area contributed by atoms with Gasteiger partial charge in [0.05, 0.1) is 0 Å². The number of carbonyl (C=O) groups is 1. The van der Waals surface area contributed by atoms with E-state index in [-0.39, 0.29) is 5.41 Å². The standard InChI is InChI=1S/C15H22N2O/c1-2-7-15(8-5-9-16-12-15)14(18)11-13-6-3-4-10-17-13/h3-4,6,10,16H,2,5,7-9,11-12H2,1H3. The van der Waals surface area contributed by atoms with E-state index >= 15 is 0 Å². The number of hydrogen-bond acceptors (Lipinski definition) is 3. The molecule has 0 spiro atoms. The largest absolute Gasteiger partial charge is 0.316 e. The molecule has 1 aliphatic heterocycles. The molecule has 3 heteroatoms. The summed E-state index contributed by atoms with van der Waals surface area (Å²) >= 11 is 0. The second-order valence-corrected chi connectivity index (χ2v) is 5.23. The van der Waals surface area contributed by atoms with Gasteiger partial charge in [0.2, 0.25) is 0 Å². The van der Waals surface area contributed by atoms with Crippen LogP contribution in [0.1, 0.15) is 38.3 Å².